The van der Waals surface area contributed by atoms with E-state index in [0.29, 0.717) is 12.1 Å². The van der Waals surface area contributed by atoms with E-state index in [-0.39, 0.29) is 16.1 Å². The molecule has 1 atom stereocenters. The van der Waals surface area contributed by atoms with E-state index >= 15 is 0 Å². The fourth-order valence-corrected chi connectivity index (χ4v) is 1.99. The molecular formula is C14H8ClF5O. The van der Waals surface area contributed by atoms with E-state index in [1.807, 2.05) is 0 Å². The molecule has 0 radical (unpaired) electrons. The van der Waals surface area contributed by atoms with Gasteiger partial charge in [0.1, 0.15) is 17.7 Å². The van der Waals surface area contributed by atoms with E-state index in [1.54, 1.807) is 0 Å². The third-order valence-corrected chi connectivity index (χ3v) is 3.10. The summed E-state index contributed by atoms with van der Waals surface area (Å²) in [5, 5.41) is 10.1. The molecule has 0 spiro atoms. The lowest BCUT2D eigenvalue weighted by atomic mass is 9.99. The number of benzene rings is 2. The average Bonchev–Trinajstić information content (AvgIpc) is 2.37. The second-order valence-electron chi connectivity index (χ2n) is 4.31. The Morgan fingerprint density at radius 3 is 2.19 bits per heavy atom. The van der Waals surface area contributed by atoms with Gasteiger partial charge in [0, 0.05) is 10.6 Å². The number of rotatable bonds is 2. The van der Waals surface area contributed by atoms with Crippen molar-refractivity contribution in [1.29, 1.82) is 0 Å². The van der Waals surface area contributed by atoms with Crippen molar-refractivity contribution in [2.24, 2.45) is 0 Å². The highest BCUT2D eigenvalue weighted by atomic mass is 35.5. The van der Waals surface area contributed by atoms with Gasteiger partial charge in [-0.05, 0) is 29.8 Å². The number of alkyl halides is 3. The molecule has 0 aliphatic carbocycles. The second-order valence-corrected chi connectivity index (χ2v) is 4.74. The fourth-order valence-electron chi connectivity index (χ4n) is 1.83. The molecule has 0 aliphatic heterocycles. The summed E-state index contributed by atoms with van der Waals surface area (Å²) in [7, 11) is 0. The van der Waals surface area contributed by atoms with Crippen LogP contribution in [0.1, 0.15) is 22.8 Å². The smallest absolute Gasteiger partial charge is 0.384 e. The van der Waals surface area contributed by atoms with E-state index in [0.717, 1.165) is 18.2 Å². The summed E-state index contributed by atoms with van der Waals surface area (Å²) in [5.41, 5.74) is -2.04. The Labute approximate surface area is 121 Å². The van der Waals surface area contributed by atoms with Crippen molar-refractivity contribution in [3.8, 4) is 0 Å². The molecule has 0 saturated heterocycles. The molecule has 21 heavy (non-hydrogen) atoms. The molecule has 0 aromatic heterocycles. The zero-order valence-electron chi connectivity index (χ0n) is 10.3. The van der Waals surface area contributed by atoms with Gasteiger partial charge >= 0.3 is 6.18 Å². The Balaban J connectivity index is 2.46. The summed E-state index contributed by atoms with van der Waals surface area (Å²) < 4.78 is 64.7. The predicted octanol–water partition coefficient (Wildman–Crippen LogP) is 4.72. The van der Waals surface area contributed by atoms with E-state index < -0.39 is 29.5 Å². The molecule has 2 aromatic rings. The highest BCUT2D eigenvalue weighted by molar-refractivity contribution is 6.30. The van der Waals surface area contributed by atoms with E-state index in [2.05, 4.69) is 0 Å². The van der Waals surface area contributed by atoms with Gasteiger partial charge in [0.05, 0.1) is 5.56 Å². The summed E-state index contributed by atoms with van der Waals surface area (Å²) >= 11 is 5.55. The third kappa shape index (κ3) is 3.33. The average molecular weight is 323 g/mol. The van der Waals surface area contributed by atoms with Gasteiger partial charge in [-0.3, -0.25) is 0 Å². The SMILES string of the molecule is OC(c1ccc(F)c(C(F)(F)F)c1)c1ccc(Cl)cc1F. The minimum atomic E-state index is -4.90. The molecule has 0 saturated carbocycles. The third-order valence-electron chi connectivity index (χ3n) is 2.87. The van der Waals surface area contributed by atoms with Crippen LogP contribution >= 0.6 is 11.6 Å². The van der Waals surface area contributed by atoms with Crippen LogP contribution in [0.25, 0.3) is 0 Å². The van der Waals surface area contributed by atoms with Crippen LogP contribution in [0.5, 0.6) is 0 Å². The molecule has 1 unspecified atom stereocenters. The number of halogens is 6. The van der Waals surface area contributed by atoms with Gasteiger partial charge in [-0.15, -0.1) is 0 Å². The Morgan fingerprint density at radius 2 is 1.62 bits per heavy atom. The number of hydrogen-bond acceptors (Lipinski definition) is 1. The van der Waals surface area contributed by atoms with Gasteiger partial charge in [-0.25, -0.2) is 8.78 Å². The van der Waals surface area contributed by atoms with Crippen molar-refractivity contribution in [2.45, 2.75) is 12.3 Å². The van der Waals surface area contributed by atoms with Crippen molar-refractivity contribution < 1.29 is 27.1 Å². The van der Waals surface area contributed by atoms with Crippen molar-refractivity contribution in [3.05, 3.63) is 69.7 Å². The molecule has 0 heterocycles. The maximum Gasteiger partial charge on any atom is 0.419 e. The molecule has 2 aromatic carbocycles. The Kier molecular flexibility index (Phi) is 4.20. The van der Waals surface area contributed by atoms with Crippen LogP contribution in [0.2, 0.25) is 5.02 Å². The molecule has 2 rings (SSSR count). The first-order valence-electron chi connectivity index (χ1n) is 5.70. The minimum Gasteiger partial charge on any atom is -0.384 e. The Bertz CT molecular complexity index is 669. The highest BCUT2D eigenvalue weighted by Gasteiger charge is 2.34. The lowest BCUT2D eigenvalue weighted by molar-refractivity contribution is -0.140. The number of aliphatic hydroxyl groups excluding tert-OH is 1. The van der Waals surface area contributed by atoms with Crippen LogP contribution in [-0.4, -0.2) is 5.11 Å². The Hall–Kier alpha value is -1.66. The minimum absolute atomic E-state index is 0.0820. The zero-order chi connectivity index (χ0) is 15.8. The monoisotopic (exact) mass is 322 g/mol. The molecule has 1 nitrogen and oxygen atoms in total. The van der Waals surface area contributed by atoms with Crippen LogP contribution in [0, 0.1) is 11.6 Å². The number of aliphatic hydroxyl groups is 1. The first kappa shape index (κ1) is 15.7. The largest absolute Gasteiger partial charge is 0.419 e. The van der Waals surface area contributed by atoms with E-state index in [1.165, 1.54) is 6.07 Å². The first-order valence-corrected chi connectivity index (χ1v) is 6.07. The van der Waals surface area contributed by atoms with Gasteiger partial charge in [0.15, 0.2) is 0 Å². The number of hydrogen-bond donors (Lipinski definition) is 1. The second kappa shape index (κ2) is 5.61. The lowest BCUT2D eigenvalue weighted by Gasteiger charge is -2.15. The molecule has 112 valence electrons. The summed E-state index contributed by atoms with van der Waals surface area (Å²) in [6.45, 7) is 0. The predicted molar refractivity (Wildman–Crippen MR) is 66.9 cm³/mol. The van der Waals surface area contributed by atoms with Gasteiger partial charge < -0.3 is 5.11 Å². The molecule has 0 bridgehead atoms. The van der Waals surface area contributed by atoms with E-state index in [9.17, 15) is 27.1 Å². The van der Waals surface area contributed by atoms with Gasteiger partial charge in [-0.2, -0.15) is 13.2 Å². The quantitative estimate of drug-likeness (QED) is 0.793. The molecule has 0 aliphatic rings. The highest BCUT2D eigenvalue weighted by Crippen LogP contribution is 2.34. The van der Waals surface area contributed by atoms with Crippen LogP contribution < -0.4 is 0 Å². The molecule has 7 heteroatoms. The zero-order valence-corrected chi connectivity index (χ0v) is 11.0. The van der Waals surface area contributed by atoms with Crippen LogP contribution in [0.3, 0.4) is 0 Å². The topological polar surface area (TPSA) is 20.2 Å². The molecule has 0 amide bonds. The van der Waals surface area contributed by atoms with Crippen molar-refractivity contribution >= 4 is 11.6 Å². The van der Waals surface area contributed by atoms with Crippen LogP contribution in [0.4, 0.5) is 22.0 Å². The summed E-state index contributed by atoms with van der Waals surface area (Å²) in [6.07, 6.45) is -6.57. The molecule has 1 N–H and O–H groups in total. The van der Waals surface area contributed by atoms with Crippen molar-refractivity contribution in [2.75, 3.05) is 0 Å². The summed E-state index contributed by atoms with van der Waals surface area (Å²) in [4.78, 5) is 0. The van der Waals surface area contributed by atoms with Crippen molar-refractivity contribution in [1.82, 2.24) is 0 Å². The first-order chi connectivity index (χ1) is 9.70. The van der Waals surface area contributed by atoms with Gasteiger partial charge in [-0.1, -0.05) is 23.7 Å². The maximum absolute atomic E-state index is 13.7. The lowest BCUT2D eigenvalue weighted by Crippen LogP contribution is -2.11. The van der Waals surface area contributed by atoms with Crippen LogP contribution in [-0.2, 0) is 6.18 Å². The molecular weight excluding hydrogens is 315 g/mol. The maximum atomic E-state index is 13.7. The van der Waals surface area contributed by atoms with E-state index in [4.69, 9.17) is 11.6 Å². The van der Waals surface area contributed by atoms with Gasteiger partial charge in [0.2, 0.25) is 0 Å². The standard InChI is InChI=1S/C14H8ClF5O/c15-8-2-3-9(12(17)6-8)13(21)7-1-4-11(16)10(5-7)14(18,19)20/h1-6,13,21H. The van der Waals surface area contributed by atoms with Gasteiger partial charge in [0.25, 0.3) is 0 Å². The fraction of sp³-hybridized carbons (Fsp3) is 0.143. The summed E-state index contributed by atoms with van der Waals surface area (Å²) in [5.74, 6) is -2.33. The Morgan fingerprint density at radius 1 is 0.952 bits per heavy atom. The molecule has 0 fully saturated rings. The normalized spacial score (nSPS) is 13.3. The van der Waals surface area contributed by atoms with Crippen LogP contribution in [0.15, 0.2) is 36.4 Å². The summed E-state index contributed by atoms with van der Waals surface area (Å²) in [6, 6.07) is 5.36. The van der Waals surface area contributed by atoms with Crippen molar-refractivity contribution in [3.63, 3.8) is 0 Å².